The second-order valence-corrected chi connectivity index (χ2v) is 7.36. The predicted octanol–water partition coefficient (Wildman–Crippen LogP) is 2.48. The first-order chi connectivity index (χ1) is 12.1. The van der Waals surface area contributed by atoms with Crippen molar-refractivity contribution in [3.8, 4) is 0 Å². The molecule has 0 unspecified atom stereocenters. The summed E-state index contributed by atoms with van der Waals surface area (Å²) in [5.41, 5.74) is 1.43. The number of likely N-dealkylation sites (tertiary alicyclic amines) is 1. The van der Waals surface area contributed by atoms with Crippen molar-refractivity contribution in [1.29, 1.82) is 0 Å². The molecule has 2 N–H and O–H groups in total. The van der Waals surface area contributed by atoms with Crippen LogP contribution >= 0.6 is 0 Å². The molecule has 1 saturated carbocycles. The van der Waals surface area contributed by atoms with Crippen molar-refractivity contribution in [2.45, 2.75) is 38.0 Å². The largest absolute Gasteiger partial charge is 0.481 e. The number of hydrogen-bond acceptors (Lipinski definition) is 3. The lowest BCUT2D eigenvalue weighted by atomic mass is 9.89. The van der Waals surface area contributed by atoms with E-state index >= 15 is 0 Å². The summed E-state index contributed by atoms with van der Waals surface area (Å²) in [6.07, 6.45) is 4.15. The summed E-state index contributed by atoms with van der Waals surface area (Å²) < 4.78 is 0. The summed E-state index contributed by atoms with van der Waals surface area (Å²) in [6.45, 7) is 3.67. The van der Waals surface area contributed by atoms with E-state index in [-0.39, 0.29) is 17.7 Å². The highest BCUT2D eigenvalue weighted by Crippen LogP contribution is 2.31. The summed E-state index contributed by atoms with van der Waals surface area (Å²) in [6, 6.07) is 10.7. The second-order valence-electron chi connectivity index (χ2n) is 7.36. The molecule has 0 aromatic heterocycles. The number of rotatable bonds is 6. The van der Waals surface area contributed by atoms with E-state index in [4.69, 9.17) is 5.11 Å². The Morgan fingerprint density at radius 2 is 1.72 bits per heavy atom. The van der Waals surface area contributed by atoms with Gasteiger partial charge in [-0.15, -0.1) is 0 Å². The first kappa shape index (κ1) is 17.9. The lowest BCUT2D eigenvalue weighted by molar-refractivity contribution is -0.141. The molecule has 25 heavy (non-hydrogen) atoms. The molecule has 1 saturated heterocycles. The van der Waals surface area contributed by atoms with E-state index in [0.717, 1.165) is 19.6 Å². The standard InChI is InChI=1S/C20H28N2O3/c23-19(17-6-7-18(14-17)20(24)25)21-10-13-22-11-8-16(9-12-22)15-4-2-1-3-5-15/h1-5,16-18H,6-14H2,(H,21,23)(H,24,25)/t17-,18+/m1/s1. The number of nitrogens with one attached hydrogen (secondary N) is 1. The predicted molar refractivity (Wildman–Crippen MR) is 96.3 cm³/mol. The lowest BCUT2D eigenvalue weighted by Gasteiger charge is -2.32. The minimum absolute atomic E-state index is 0.0305. The van der Waals surface area contributed by atoms with Crippen molar-refractivity contribution in [2.75, 3.05) is 26.2 Å². The SMILES string of the molecule is O=C(O)[C@H]1CC[C@@H](C(=O)NCCN2CCC(c3ccccc3)CC2)C1. The van der Waals surface area contributed by atoms with Crippen LogP contribution in [0.25, 0.3) is 0 Å². The fraction of sp³-hybridized carbons (Fsp3) is 0.600. The fourth-order valence-electron chi connectivity index (χ4n) is 4.14. The molecule has 5 heteroatoms. The average Bonchev–Trinajstić information content (AvgIpc) is 3.14. The monoisotopic (exact) mass is 344 g/mol. The highest BCUT2D eigenvalue weighted by molar-refractivity contribution is 5.80. The molecule has 2 atom stereocenters. The van der Waals surface area contributed by atoms with E-state index in [2.05, 4.69) is 40.5 Å². The highest BCUT2D eigenvalue weighted by atomic mass is 16.4. The van der Waals surface area contributed by atoms with Gasteiger partial charge in [0.25, 0.3) is 0 Å². The van der Waals surface area contributed by atoms with Gasteiger partial charge in [0.15, 0.2) is 0 Å². The van der Waals surface area contributed by atoms with Crippen LogP contribution in [0.5, 0.6) is 0 Å². The van der Waals surface area contributed by atoms with Crippen LogP contribution in [0.1, 0.15) is 43.6 Å². The molecule has 3 rings (SSSR count). The number of carboxylic acids is 1. The van der Waals surface area contributed by atoms with Crippen LogP contribution in [-0.2, 0) is 9.59 Å². The Labute approximate surface area is 149 Å². The molecule has 2 aliphatic rings. The van der Waals surface area contributed by atoms with Gasteiger partial charge in [-0.3, -0.25) is 9.59 Å². The Bertz CT molecular complexity index is 582. The molecule has 1 aliphatic carbocycles. The van der Waals surface area contributed by atoms with Crippen molar-refractivity contribution in [3.05, 3.63) is 35.9 Å². The number of aliphatic carboxylic acids is 1. The smallest absolute Gasteiger partial charge is 0.306 e. The van der Waals surface area contributed by atoms with Crippen LogP contribution < -0.4 is 5.32 Å². The number of benzene rings is 1. The van der Waals surface area contributed by atoms with Crippen molar-refractivity contribution < 1.29 is 14.7 Å². The van der Waals surface area contributed by atoms with Gasteiger partial charge in [0.05, 0.1) is 5.92 Å². The van der Waals surface area contributed by atoms with Gasteiger partial charge in [0, 0.05) is 19.0 Å². The molecule has 1 aromatic rings. The molecule has 136 valence electrons. The average molecular weight is 344 g/mol. The topological polar surface area (TPSA) is 69.6 Å². The number of carbonyl (C=O) groups excluding carboxylic acids is 1. The number of carboxylic acid groups (broad SMARTS) is 1. The van der Waals surface area contributed by atoms with Gasteiger partial charge < -0.3 is 15.3 Å². The van der Waals surface area contributed by atoms with Crippen LogP contribution in [0, 0.1) is 11.8 Å². The van der Waals surface area contributed by atoms with E-state index in [9.17, 15) is 9.59 Å². The third-order valence-electron chi connectivity index (χ3n) is 5.74. The first-order valence-corrected chi connectivity index (χ1v) is 9.41. The van der Waals surface area contributed by atoms with Gasteiger partial charge >= 0.3 is 5.97 Å². The summed E-state index contributed by atoms with van der Waals surface area (Å²) in [5.74, 6) is -0.546. The zero-order chi connectivity index (χ0) is 17.6. The summed E-state index contributed by atoms with van der Waals surface area (Å²) in [5, 5.41) is 12.0. The van der Waals surface area contributed by atoms with Crippen LogP contribution in [0.3, 0.4) is 0 Å². The number of piperidine rings is 1. The van der Waals surface area contributed by atoms with Crippen molar-refractivity contribution in [2.24, 2.45) is 11.8 Å². The van der Waals surface area contributed by atoms with E-state index in [1.807, 2.05) is 0 Å². The highest BCUT2D eigenvalue weighted by Gasteiger charge is 2.33. The Balaban J connectivity index is 1.34. The lowest BCUT2D eigenvalue weighted by Crippen LogP contribution is -2.40. The Hall–Kier alpha value is -1.88. The Morgan fingerprint density at radius 3 is 2.36 bits per heavy atom. The molecule has 2 fully saturated rings. The van der Waals surface area contributed by atoms with Crippen LogP contribution in [0.2, 0.25) is 0 Å². The molecule has 0 radical (unpaired) electrons. The van der Waals surface area contributed by atoms with E-state index in [1.54, 1.807) is 0 Å². The summed E-state index contributed by atoms with van der Waals surface area (Å²) in [7, 11) is 0. The molecule has 1 heterocycles. The van der Waals surface area contributed by atoms with E-state index in [0.29, 0.717) is 31.7 Å². The maximum Gasteiger partial charge on any atom is 0.306 e. The second kappa shape index (κ2) is 8.48. The number of carbonyl (C=O) groups is 2. The molecule has 0 bridgehead atoms. The minimum Gasteiger partial charge on any atom is -0.481 e. The third kappa shape index (κ3) is 4.82. The summed E-state index contributed by atoms with van der Waals surface area (Å²) in [4.78, 5) is 25.6. The number of amides is 1. The van der Waals surface area contributed by atoms with Gasteiger partial charge in [-0.1, -0.05) is 30.3 Å². The molecule has 1 aromatic carbocycles. The maximum absolute atomic E-state index is 12.2. The number of nitrogens with zero attached hydrogens (tertiary/aromatic N) is 1. The summed E-state index contributed by atoms with van der Waals surface area (Å²) >= 11 is 0. The molecule has 1 aliphatic heterocycles. The number of hydrogen-bond donors (Lipinski definition) is 2. The van der Waals surface area contributed by atoms with E-state index < -0.39 is 5.97 Å². The zero-order valence-electron chi connectivity index (χ0n) is 14.7. The molecule has 5 nitrogen and oxygen atoms in total. The molecular formula is C20H28N2O3. The van der Waals surface area contributed by atoms with Gasteiger partial charge in [0.1, 0.15) is 0 Å². The molecule has 0 spiro atoms. The quantitative estimate of drug-likeness (QED) is 0.832. The minimum atomic E-state index is -0.767. The van der Waals surface area contributed by atoms with Crippen LogP contribution in [0.15, 0.2) is 30.3 Å². The van der Waals surface area contributed by atoms with Crippen molar-refractivity contribution in [3.63, 3.8) is 0 Å². The van der Waals surface area contributed by atoms with Gasteiger partial charge in [0.2, 0.25) is 5.91 Å². The Kier molecular flexibility index (Phi) is 6.08. The van der Waals surface area contributed by atoms with Gasteiger partial charge in [-0.2, -0.15) is 0 Å². The van der Waals surface area contributed by atoms with Gasteiger partial charge in [-0.25, -0.2) is 0 Å². The van der Waals surface area contributed by atoms with Crippen LogP contribution in [0.4, 0.5) is 0 Å². The van der Waals surface area contributed by atoms with Gasteiger partial charge in [-0.05, 0) is 56.7 Å². The molecular weight excluding hydrogens is 316 g/mol. The van der Waals surface area contributed by atoms with E-state index in [1.165, 1.54) is 18.4 Å². The third-order valence-corrected chi connectivity index (χ3v) is 5.74. The fourth-order valence-corrected chi connectivity index (χ4v) is 4.14. The zero-order valence-corrected chi connectivity index (χ0v) is 14.7. The van der Waals surface area contributed by atoms with Crippen molar-refractivity contribution >= 4 is 11.9 Å². The first-order valence-electron chi connectivity index (χ1n) is 9.41. The maximum atomic E-state index is 12.2. The van der Waals surface area contributed by atoms with Crippen LogP contribution in [-0.4, -0.2) is 48.1 Å². The van der Waals surface area contributed by atoms with Crippen molar-refractivity contribution in [1.82, 2.24) is 10.2 Å². The normalized spacial score (nSPS) is 25.0. The Morgan fingerprint density at radius 1 is 1.04 bits per heavy atom. The molecule has 1 amide bonds.